The number of rotatable bonds is 7. The number of carbonyl (C=O) groups is 1. The minimum Gasteiger partial charge on any atom is -0.298 e. The quantitative estimate of drug-likeness (QED) is 0.360. The first kappa shape index (κ1) is 27.5. The predicted octanol–water partition coefficient (Wildman–Crippen LogP) is 5.04. The van der Waals surface area contributed by atoms with Crippen LogP contribution < -0.4 is 0 Å². The fourth-order valence-electron chi connectivity index (χ4n) is 5.24. The molecule has 2 bridgehead atoms. The van der Waals surface area contributed by atoms with Gasteiger partial charge in [-0.2, -0.15) is 17.5 Å². The number of fused-ring (bicyclic) bond motifs is 2. The zero-order valence-electron chi connectivity index (χ0n) is 19.9. The molecule has 7 nitrogen and oxygen atoms in total. The Morgan fingerprint density at radius 2 is 1.72 bits per heavy atom. The number of sulfonamides is 1. The molecule has 206 valence electrons. The minimum absolute atomic E-state index is 0.0242. The molecular weight excluding hydrogens is 567 g/mol. The van der Waals surface area contributed by atoms with Gasteiger partial charge >= 0.3 is 6.18 Å². The number of halogens is 6. The Labute approximate surface area is 225 Å². The molecule has 0 spiro atoms. The van der Waals surface area contributed by atoms with Gasteiger partial charge in [-0.15, -0.1) is 0 Å². The van der Waals surface area contributed by atoms with Crippen molar-refractivity contribution in [3.63, 3.8) is 0 Å². The molecule has 1 aliphatic heterocycles. The molecule has 2 aromatic heterocycles. The van der Waals surface area contributed by atoms with Crippen molar-refractivity contribution in [2.45, 2.75) is 55.0 Å². The molecule has 3 aromatic rings. The van der Waals surface area contributed by atoms with Crippen LogP contribution in [0, 0.1) is 11.7 Å². The van der Waals surface area contributed by atoms with Crippen LogP contribution in [0.25, 0.3) is 11.3 Å². The number of hydrogen-bond acceptors (Lipinski definition) is 6. The Morgan fingerprint density at radius 3 is 2.36 bits per heavy atom. The van der Waals surface area contributed by atoms with Gasteiger partial charge in [0.25, 0.3) is 0 Å². The number of Topliss-reactive ketones (excluding diaryl/α,β-unsaturated/α-hetero) is 1. The highest BCUT2D eigenvalue weighted by atomic mass is 35.5. The summed E-state index contributed by atoms with van der Waals surface area (Å²) in [6, 6.07) is 3.78. The van der Waals surface area contributed by atoms with Crippen LogP contribution in [0.1, 0.15) is 30.7 Å². The number of benzene rings is 1. The van der Waals surface area contributed by atoms with Crippen LogP contribution in [0.5, 0.6) is 0 Å². The molecule has 1 saturated carbocycles. The zero-order chi connectivity index (χ0) is 28.1. The van der Waals surface area contributed by atoms with Gasteiger partial charge in [-0.05, 0) is 55.2 Å². The van der Waals surface area contributed by atoms with Gasteiger partial charge < -0.3 is 0 Å². The van der Waals surface area contributed by atoms with Crippen LogP contribution in [-0.2, 0) is 27.4 Å². The maximum Gasteiger partial charge on any atom is 0.451 e. The fourth-order valence-corrected chi connectivity index (χ4v) is 7.30. The van der Waals surface area contributed by atoms with Crippen molar-refractivity contribution in [2.24, 2.45) is 5.92 Å². The van der Waals surface area contributed by atoms with Crippen molar-refractivity contribution in [1.82, 2.24) is 19.3 Å². The van der Waals surface area contributed by atoms with E-state index in [9.17, 15) is 35.2 Å². The standard InChI is InChI=1S/C25H20ClF5N4O3S/c26-19-12-32-21(14-10-33-24(34-11-14)25(29,30)31)7-13(19)1-6-22(36)23-18-8-16(9-20(18)28)35(23)39(37,38)17-4-2-15(27)3-5-17/h2-5,7,10-12,16,18,20,23H,1,6,8-9H2. The molecule has 0 N–H and O–H groups in total. The van der Waals surface area contributed by atoms with Crippen LogP contribution in [0.2, 0.25) is 5.02 Å². The van der Waals surface area contributed by atoms with Crippen LogP contribution in [-0.4, -0.2) is 51.7 Å². The second kappa shape index (κ2) is 10.2. The average molecular weight is 587 g/mol. The third kappa shape index (κ3) is 5.27. The number of carbonyl (C=O) groups excluding carboxylic acids is 1. The van der Waals surface area contributed by atoms with E-state index in [1.165, 1.54) is 12.3 Å². The summed E-state index contributed by atoms with van der Waals surface area (Å²) >= 11 is 6.24. The van der Waals surface area contributed by atoms with Gasteiger partial charge in [0.15, 0.2) is 5.78 Å². The number of ketones is 1. The lowest BCUT2D eigenvalue weighted by atomic mass is 9.92. The highest BCUT2D eigenvalue weighted by Gasteiger charge is 2.58. The number of alkyl halides is 4. The predicted molar refractivity (Wildman–Crippen MR) is 129 cm³/mol. The third-order valence-electron chi connectivity index (χ3n) is 7.04. The monoisotopic (exact) mass is 586 g/mol. The number of aryl methyl sites for hydroxylation is 1. The molecule has 1 aliphatic carbocycles. The SMILES string of the molecule is O=C(CCc1cc(-c2cnc(C(F)(F)F)nc2)ncc1Cl)C1C2CC(CC2F)N1S(=O)(=O)c1ccc(F)cc1. The molecule has 0 amide bonds. The maximum atomic E-state index is 14.7. The summed E-state index contributed by atoms with van der Waals surface area (Å²) < 4.78 is 94.2. The first-order valence-electron chi connectivity index (χ1n) is 11.9. The second-order valence-corrected chi connectivity index (χ2v) is 11.7. The van der Waals surface area contributed by atoms with Crippen LogP contribution in [0.3, 0.4) is 0 Å². The van der Waals surface area contributed by atoms with Crippen molar-refractivity contribution in [2.75, 3.05) is 0 Å². The lowest BCUT2D eigenvalue weighted by Crippen LogP contribution is -2.51. The fraction of sp³-hybridized carbons (Fsp3) is 0.360. The second-order valence-electron chi connectivity index (χ2n) is 9.46. The highest BCUT2D eigenvalue weighted by molar-refractivity contribution is 7.89. The summed E-state index contributed by atoms with van der Waals surface area (Å²) in [5.74, 6) is -3.22. The Morgan fingerprint density at radius 1 is 1.05 bits per heavy atom. The van der Waals surface area contributed by atoms with Crippen molar-refractivity contribution in [1.29, 1.82) is 0 Å². The van der Waals surface area contributed by atoms with E-state index >= 15 is 0 Å². The topological polar surface area (TPSA) is 93.1 Å². The van der Waals surface area contributed by atoms with E-state index < -0.39 is 57.8 Å². The molecule has 1 aromatic carbocycles. The van der Waals surface area contributed by atoms with Crippen molar-refractivity contribution in [3.8, 4) is 11.3 Å². The van der Waals surface area contributed by atoms with E-state index in [2.05, 4.69) is 15.0 Å². The molecule has 2 fully saturated rings. The van der Waals surface area contributed by atoms with Crippen molar-refractivity contribution in [3.05, 3.63) is 71.2 Å². The molecule has 39 heavy (non-hydrogen) atoms. The summed E-state index contributed by atoms with van der Waals surface area (Å²) in [4.78, 5) is 23.9. The van der Waals surface area contributed by atoms with Gasteiger partial charge in [0.2, 0.25) is 15.8 Å². The minimum atomic E-state index is -4.70. The van der Waals surface area contributed by atoms with E-state index in [1.54, 1.807) is 0 Å². The Hall–Kier alpha value is -3.03. The number of nitrogens with zero attached hydrogens (tertiary/aromatic N) is 4. The average Bonchev–Trinajstić information content (AvgIpc) is 3.45. The summed E-state index contributed by atoms with van der Waals surface area (Å²) in [6.07, 6.45) is -2.78. The largest absolute Gasteiger partial charge is 0.451 e. The number of pyridine rings is 1. The lowest BCUT2D eigenvalue weighted by molar-refractivity contribution is -0.145. The van der Waals surface area contributed by atoms with E-state index in [4.69, 9.17) is 11.6 Å². The first-order chi connectivity index (χ1) is 18.4. The number of aromatic nitrogens is 3. The molecule has 0 radical (unpaired) electrons. The van der Waals surface area contributed by atoms with Gasteiger partial charge in [0, 0.05) is 42.5 Å². The molecule has 4 unspecified atom stereocenters. The van der Waals surface area contributed by atoms with Gasteiger partial charge in [0.05, 0.1) is 21.7 Å². The van der Waals surface area contributed by atoms with Crippen LogP contribution in [0.15, 0.2) is 53.8 Å². The van der Waals surface area contributed by atoms with E-state index in [0.29, 0.717) is 5.56 Å². The van der Waals surface area contributed by atoms with Gasteiger partial charge in [-0.3, -0.25) is 9.78 Å². The number of hydrogen-bond donors (Lipinski definition) is 0. The third-order valence-corrected chi connectivity index (χ3v) is 9.33. The van der Waals surface area contributed by atoms with Gasteiger partial charge in [-0.1, -0.05) is 11.6 Å². The van der Waals surface area contributed by atoms with Crippen LogP contribution in [0.4, 0.5) is 22.0 Å². The Bertz CT molecular complexity index is 1500. The molecule has 4 atom stereocenters. The highest BCUT2D eigenvalue weighted by Crippen LogP contribution is 2.47. The summed E-state index contributed by atoms with van der Waals surface area (Å²) in [6.45, 7) is 0. The van der Waals surface area contributed by atoms with Gasteiger partial charge in [-0.25, -0.2) is 27.2 Å². The lowest BCUT2D eigenvalue weighted by Gasteiger charge is -2.34. The van der Waals surface area contributed by atoms with E-state index in [0.717, 1.165) is 41.0 Å². The molecule has 3 heterocycles. The van der Waals surface area contributed by atoms with Crippen molar-refractivity contribution < 1.29 is 35.2 Å². The molecule has 5 rings (SSSR count). The molecular formula is C25H20ClF5N4O3S. The Balaban J connectivity index is 1.36. The van der Waals surface area contributed by atoms with Gasteiger partial charge in [0.1, 0.15) is 12.0 Å². The molecule has 14 heteroatoms. The maximum absolute atomic E-state index is 14.7. The Kier molecular flexibility index (Phi) is 7.18. The molecule has 1 saturated heterocycles. The molecule has 2 aliphatic rings. The smallest absolute Gasteiger partial charge is 0.298 e. The summed E-state index contributed by atoms with van der Waals surface area (Å²) in [5, 5.41) is 0.187. The van der Waals surface area contributed by atoms with Crippen molar-refractivity contribution >= 4 is 27.4 Å². The summed E-state index contributed by atoms with van der Waals surface area (Å²) in [5.41, 5.74) is 0.847. The summed E-state index contributed by atoms with van der Waals surface area (Å²) in [7, 11) is -4.20. The van der Waals surface area contributed by atoms with E-state index in [1.807, 2.05) is 0 Å². The number of piperidine rings is 1. The first-order valence-corrected chi connectivity index (χ1v) is 13.7. The normalized spacial score (nSPS) is 23.3. The van der Waals surface area contributed by atoms with E-state index in [-0.39, 0.29) is 46.9 Å². The zero-order valence-corrected chi connectivity index (χ0v) is 21.5. The van der Waals surface area contributed by atoms with Crippen LogP contribution >= 0.6 is 11.6 Å².